The predicted molar refractivity (Wildman–Crippen MR) is 105 cm³/mol. The maximum Gasteiger partial charge on any atom is 0.233 e. The Labute approximate surface area is 165 Å². The first-order chi connectivity index (χ1) is 13.3. The molecule has 0 atom stereocenters. The molecule has 1 aliphatic heterocycles. The highest BCUT2D eigenvalue weighted by molar-refractivity contribution is 6.00. The minimum absolute atomic E-state index is 0.123. The van der Waals surface area contributed by atoms with E-state index in [0.29, 0.717) is 25.7 Å². The van der Waals surface area contributed by atoms with E-state index < -0.39 is 5.60 Å². The molecule has 7 nitrogen and oxygen atoms in total. The van der Waals surface area contributed by atoms with Crippen LogP contribution in [0.3, 0.4) is 0 Å². The largest absolute Gasteiger partial charge is 0.491 e. The van der Waals surface area contributed by atoms with Crippen LogP contribution < -0.4 is 9.64 Å². The fourth-order valence-corrected chi connectivity index (χ4v) is 4.62. The lowest BCUT2D eigenvalue weighted by Crippen LogP contribution is -2.43. The van der Waals surface area contributed by atoms with Crippen LogP contribution in [-0.2, 0) is 17.4 Å². The summed E-state index contributed by atoms with van der Waals surface area (Å²) < 4.78 is 7.32. The molecule has 1 aromatic heterocycles. The Morgan fingerprint density at radius 2 is 1.79 bits per heavy atom. The number of aliphatic hydroxyl groups is 1. The smallest absolute Gasteiger partial charge is 0.233 e. The van der Waals surface area contributed by atoms with Crippen molar-refractivity contribution in [3.8, 4) is 5.75 Å². The van der Waals surface area contributed by atoms with E-state index >= 15 is 0 Å². The lowest BCUT2D eigenvalue weighted by molar-refractivity contribution is -0.131. The fourth-order valence-electron chi connectivity index (χ4n) is 4.62. The van der Waals surface area contributed by atoms with E-state index in [2.05, 4.69) is 10.3 Å². The van der Waals surface area contributed by atoms with Gasteiger partial charge in [0.25, 0.3) is 0 Å². The van der Waals surface area contributed by atoms with Crippen LogP contribution in [0.1, 0.15) is 51.6 Å². The summed E-state index contributed by atoms with van der Waals surface area (Å²) in [5.74, 6) is 0.989. The van der Waals surface area contributed by atoms with Crippen LogP contribution in [0.15, 0.2) is 30.5 Å². The number of hydrogen-bond donors (Lipinski definition) is 1. The van der Waals surface area contributed by atoms with Crippen LogP contribution in [0, 0.1) is 5.41 Å². The number of aromatic nitrogens is 3. The first-order valence-corrected chi connectivity index (χ1v) is 9.99. The molecule has 2 heterocycles. The molecular weight excluding hydrogens is 356 g/mol. The summed E-state index contributed by atoms with van der Waals surface area (Å²) in [6.45, 7) is 4.70. The van der Waals surface area contributed by atoms with Gasteiger partial charge in [0.15, 0.2) is 0 Å². The summed E-state index contributed by atoms with van der Waals surface area (Å²) in [4.78, 5) is 15.2. The SMILES string of the molecule is CC(C)Oc1ccc(N2CC[C@]3(CC[C@@](O)(c4cnnn4C)CC3)C2=O)cc1. The summed E-state index contributed by atoms with van der Waals surface area (Å²) in [5.41, 5.74) is 0.318. The van der Waals surface area contributed by atoms with Crippen molar-refractivity contribution in [2.75, 3.05) is 11.4 Å². The quantitative estimate of drug-likeness (QED) is 0.877. The molecule has 1 aliphatic carbocycles. The van der Waals surface area contributed by atoms with Gasteiger partial charge < -0.3 is 14.7 Å². The Hall–Kier alpha value is -2.41. The summed E-state index contributed by atoms with van der Waals surface area (Å²) >= 11 is 0. The van der Waals surface area contributed by atoms with Gasteiger partial charge in [0, 0.05) is 19.3 Å². The lowest BCUT2D eigenvalue weighted by Gasteiger charge is -2.40. The molecule has 1 amide bonds. The van der Waals surface area contributed by atoms with Gasteiger partial charge >= 0.3 is 0 Å². The van der Waals surface area contributed by atoms with Crippen molar-refractivity contribution < 1.29 is 14.6 Å². The molecule has 2 aromatic rings. The van der Waals surface area contributed by atoms with Crippen molar-refractivity contribution in [1.82, 2.24) is 15.0 Å². The number of ether oxygens (including phenoxy) is 1. The second-order valence-corrected chi connectivity index (χ2v) is 8.42. The van der Waals surface area contributed by atoms with Gasteiger partial charge in [-0.1, -0.05) is 5.21 Å². The van der Waals surface area contributed by atoms with Crippen molar-refractivity contribution in [2.45, 2.75) is 57.7 Å². The molecule has 28 heavy (non-hydrogen) atoms. The number of anilines is 1. The zero-order valence-electron chi connectivity index (χ0n) is 16.8. The maximum absolute atomic E-state index is 13.3. The van der Waals surface area contributed by atoms with Gasteiger partial charge in [0.1, 0.15) is 11.4 Å². The van der Waals surface area contributed by atoms with Gasteiger partial charge in [-0.3, -0.25) is 4.79 Å². The molecule has 2 aliphatic rings. The van der Waals surface area contributed by atoms with Gasteiger partial charge in [-0.05, 0) is 70.2 Å². The third-order valence-corrected chi connectivity index (χ3v) is 6.26. The molecule has 7 heteroatoms. The van der Waals surface area contributed by atoms with Crippen molar-refractivity contribution in [1.29, 1.82) is 0 Å². The van der Waals surface area contributed by atoms with Crippen LogP contribution in [0.25, 0.3) is 0 Å². The first-order valence-electron chi connectivity index (χ1n) is 9.99. The molecule has 150 valence electrons. The van der Waals surface area contributed by atoms with Crippen LogP contribution >= 0.6 is 0 Å². The summed E-state index contributed by atoms with van der Waals surface area (Å²) in [5, 5.41) is 18.9. The first kappa shape index (κ1) is 18.9. The number of amides is 1. The average molecular weight is 384 g/mol. The highest BCUT2D eigenvalue weighted by atomic mass is 16.5. The van der Waals surface area contributed by atoms with E-state index in [1.807, 2.05) is 43.0 Å². The third kappa shape index (κ3) is 3.17. The molecule has 1 N–H and O–H groups in total. The summed E-state index contributed by atoms with van der Waals surface area (Å²) in [6.07, 6.45) is 5.04. The Bertz CT molecular complexity index is 851. The van der Waals surface area contributed by atoms with Crippen molar-refractivity contribution in [3.63, 3.8) is 0 Å². The van der Waals surface area contributed by atoms with E-state index in [4.69, 9.17) is 4.74 Å². The van der Waals surface area contributed by atoms with Gasteiger partial charge in [0.2, 0.25) is 5.91 Å². The second kappa shape index (κ2) is 6.88. The topological polar surface area (TPSA) is 80.5 Å². The summed E-state index contributed by atoms with van der Waals surface area (Å²) in [7, 11) is 1.79. The van der Waals surface area contributed by atoms with Crippen LogP contribution in [0.2, 0.25) is 0 Å². The third-order valence-electron chi connectivity index (χ3n) is 6.26. The zero-order chi connectivity index (χ0) is 19.9. The fraction of sp³-hybridized carbons (Fsp3) is 0.571. The number of hydrogen-bond acceptors (Lipinski definition) is 5. The van der Waals surface area contributed by atoms with Crippen molar-refractivity contribution >= 4 is 11.6 Å². The van der Waals surface area contributed by atoms with Crippen LogP contribution in [-0.4, -0.2) is 38.7 Å². The lowest BCUT2D eigenvalue weighted by atomic mass is 9.67. The Morgan fingerprint density at radius 1 is 1.11 bits per heavy atom. The normalized spacial score (nSPS) is 27.8. The average Bonchev–Trinajstić information content (AvgIpc) is 3.23. The number of aryl methyl sites for hydroxylation is 1. The van der Waals surface area contributed by atoms with Gasteiger partial charge in [-0.2, -0.15) is 0 Å². The standard InChI is InChI=1S/C21H28N4O3/c1-15(2)28-17-6-4-16(5-7-17)25-13-12-20(19(25)26)8-10-21(27,11-9-20)18-14-22-23-24(18)3/h4-7,14-15,27H,8-13H2,1-3H3/t20-,21+. The molecule has 1 saturated heterocycles. The monoisotopic (exact) mass is 384 g/mol. The zero-order valence-corrected chi connectivity index (χ0v) is 16.8. The highest BCUT2D eigenvalue weighted by Crippen LogP contribution is 2.51. The van der Waals surface area contributed by atoms with E-state index in [1.54, 1.807) is 17.9 Å². The number of rotatable bonds is 4. The number of benzene rings is 1. The molecule has 1 aromatic carbocycles. The number of carbonyl (C=O) groups is 1. The van der Waals surface area contributed by atoms with Gasteiger partial charge in [-0.15, -0.1) is 5.10 Å². The van der Waals surface area contributed by atoms with Crippen LogP contribution in [0.5, 0.6) is 5.75 Å². The molecule has 4 rings (SSSR count). The molecule has 1 spiro atoms. The van der Waals surface area contributed by atoms with Crippen LogP contribution in [0.4, 0.5) is 5.69 Å². The Balaban J connectivity index is 1.47. The molecule has 0 radical (unpaired) electrons. The maximum atomic E-state index is 13.3. The van der Waals surface area contributed by atoms with E-state index in [1.165, 1.54) is 0 Å². The number of carbonyl (C=O) groups excluding carboxylic acids is 1. The molecule has 0 unspecified atom stereocenters. The van der Waals surface area contributed by atoms with Crippen molar-refractivity contribution in [2.24, 2.45) is 12.5 Å². The minimum atomic E-state index is -0.951. The van der Waals surface area contributed by atoms with Gasteiger partial charge in [-0.25, -0.2) is 4.68 Å². The van der Waals surface area contributed by atoms with E-state index in [0.717, 1.165) is 30.1 Å². The molecular formula is C21H28N4O3. The highest BCUT2D eigenvalue weighted by Gasteiger charge is 2.52. The number of nitrogens with zero attached hydrogens (tertiary/aromatic N) is 4. The second-order valence-electron chi connectivity index (χ2n) is 8.42. The summed E-state index contributed by atoms with van der Waals surface area (Å²) in [6, 6.07) is 7.75. The molecule has 0 bridgehead atoms. The molecule has 2 fully saturated rings. The Morgan fingerprint density at radius 3 is 2.36 bits per heavy atom. The predicted octanol–water partition coefficient (Wildman–Crippen LogP) is 2.79. The van der Waals surface area contributed by atoms with E-state index in [-0.39, 0.29) is 17.4 Å². The van der Waals surface area contributed by atoms with Crippen molar-refractivity contribution in [3.05, 3.63) is 36.2 Å². The molecule has 1 saturated carbocycles. The van der Waals surface area contributed by atoms with Gasteiger partial charge in [0.05, 0.1) is 23.4 Å². The van der Waals surface area contributed by atoms with E-state index in [9.17, 15) is 9.90 Å². The minimum Gasteiger partial charge on any atom is -0.491 e. The Kier molecular flexibility index (Phi) is 4.65.